The van der Waals surface area contributed by atoms with Crippen molar-refractivity contribution < 1.29 is 19.1 Å². The zero-order valence-electron chi connectivity index (χ0n) is 22.8. The van der Waals surface area contributed by atoms with E-state index in [9.17, 15) is 14.4 Å². The van der Waals surface area contributed by atoms with Crippen LogP contribution in [0.1, 0.15) is 65.1 Å². The number of likely N-dealkylation sites (tertiary alicyclic amines) is 1. The largest absolute Gasteiger partial charge is 0.444 e. The number of nitrogens with zero attached hydrogens (tertiary/aromatic N) is 2. The van der Waals surface area contributed by atoms with Gasteiger partial charge in [-0.25, -0.2) is 4.79 Å². The van der Waals surface area contributed by atoms with Crippen molar-refractivity contribution in [2.45, 2.75) is 45.8 Å². The van der Waals surface area contributed by atoms with Crippen molar-refractivity contribution in [3.05, 3.63) is 93.0 Å². The molecule has 9 heteroatoms. The molecule has 3 amide bonds. The molecule has 1 fully saturated rings. The molecule has 0 radical (unpaired) electrons. The monoisotopic (exact) mass is 579 g/mol. The molecule has 2 atom stereocenters. The number of aryl methyl sites for hydroxylation is 1. The van der Waals surface area contributed by atoms with Gasteiger partial charge in [0.1, 0.15) is 5.60 Å². The summed E-state index contributed by atoms with van der Waals surface area (Å²) in [6, 6.07) is 17.3. The zero-order valence-corrected chi connectivity index (χ0v) is 24.3. The molecule has 2 aliphatic rings. The fourth-order valence-electron chi connectivity index (χ4n) is 5.37. The second-order valence-electron chi connectivity index (χ2n) is 11.2. The van der Waals surface area contributed by atoms with E-state index in [1.54, 1.807) is 58.3 Å². The van der Waals surface area contributed by atoms with Crippen molar-refractivity contribution in [3.63, 3.8) is 0 Å². The molecule has 2 heterocycles. The Morgan fingerprint density at radius 3 is 2.42 bits per heavy atom. The number of halogens is 2. The second-order valence-corrected chi connectivity index (χ2v) is 12.1. The summed E-state index contributed by atoms with van der Waals surface area (Å²) in [5, 5.41) is 3.76. The Morgan fingerprint density at radius 1 is 0.975 bits per heavy atom. The minimum Gasteiger partial charge on any atom is -0.444 e. The van der Waals surface area contributed by atoms with Crippen LogP contribution in [0.15, 0.2) is 60.7 Å². The summed E-state index contributed by atoms with van der Waals surface area (Å²) >= 11 is 12.6. The van der Waals surface area contributed by atoms with E-state index < -0.39 is 5.60 Å². The van der Waals surface area contributed by atoms with E-state index >= 15 is 0 Å². The highest BCUT2D eigenvalue weighted by Gasteiger charge is 2.47. The normalized spacial score (nSPS) is 18.1. The highest BCUT2D eigenvalue weighted by molar-refractivity contribution is 6.34. The molecule has 0 aromatic heterocycles. The average Bonchev–Trinajstić information content (AvgIpc) is 2.96. The summed E-state index contributed by atoms with van der Waals surface area (Å²) < 4.78 is 5.65. The van der Waals surface area contributed by atoms with E-state index in [0.717, 1.165) is 23.2 Å². The van der Waals surface area contributed by atoms with Crippen molar-refractivity contribution >= 4 is 52.5 Å². The number of benzene rings is 3. The predicted molar refractivity (Wildman–Crippen MR) is 158 cm³/mol. The van der Waals surface area contributed by atoms with Crippen LogP contribution in [0.4, 0.5) is 16.2 Å². The summed E-state index contributed by atoms with van der Waals surface area (Å²) in [5.74, 6) is -0.298. The van der Waals surface area contributed by atoms with Crippen LogP contribution in [-0.2, 0) is 4.74 Å². The summed E-state index contributed by atoms with van der Waals surface area (Å²) in [6.07, 6.45) is 0.359. The second kappa shape index (κ2) is 10.8. The maximum atomic E-state index is 13.9. The van der Waals surface area contributed by atoms with Crippen LogP contribution in [0.25, 0.3) is 0 Å². The van der Waals surface area contributed by atoms with Gasteiger partial charge >= 0.3 is 6.09 Å². The highest BCUT2D eigenvalue weighted by atomic mass is 35.5. The Morgan fingerprint density at radius 2 is 1.73 bits per heavy atom. The van der Waals surface area contributed by atoms with Crippen LogP contribution in [0.2, 0.25) is 10.0 Å². The van der Waals surface area contributed by atoms with Gasteiger partial charge in [-0.2, -0.15) is 0 Å². The van der Waals surface area contributed by atoms with Crippen molar-refractivity contribution in [1.29, 1.82) is 0 Å². The van der Waals surface area contributed by atoms with Crippen molar-refractivity contribution in [1.82, 2.24) is 4.90 Å². The molecular weight excluding hydrogens is 549 g/mol. The number of ether oxygens (including phenoxy) is 1. The molecule has 5 rings (SSSR count). The van der Waals surface area contributed by atoms with Gasteiger partial charge < -0.3 is 19.9 Å². The van der Waals surface area contributed by atoms with Crippen LogP contribution in [0, 0.1) is 12.8 Å². The van der Waals surface area contributed by atoms with Crippen molar-refractivity contribution in [2.24, 2.45) is 5.92 Å². The van der Waals surface area contributed by atoms with Gasteiger partial charge in [-0.05, 0) is 88.2 Å². The third-order valence-corrected chi connectivity index (χ3v) is 7.81. The SMILES string of the molecule is Cc1cc(NC(=O)c2ccccc2Cl)ccc1C(=O)N1CCC2CN(C(=O)OC(C)(C)C)C2c2cc(Cl)ccc21. The van der Waals surface area contributed by atoms with E-state index in [2.05, 4.69) is 5.32 Å². The van der Waals surface area contributed by atoms with Gasteiger partial charge in [-0.15, -0.1) is 0 Å². The number of nitrogens with one attached hydrogen (secondary N) is 1. The average molecular weight is 581 g/mol. The van der Waals surface area contributed by atoms with Crippen LogP contribution in [-0.4, -0.2) is 41.5 Å². The Balaban J connectivity index is 1.41. The quantitative estimate of drug-likeness (QED) is 0.348. The first-order chi connectivity index (χ1) is 18.9. The molecule has 3 aromatic rings. The predicted octanol–water partition coefficient (Wildman–Crippen LogP) is 7.51. The van der Waals surface area contributed by atoms with Crippen LogP contribution >= 0.6 is 23.2 Å². The Bertz CT molecular complexity index is 1500. The molecule has 0 saturated carbocycles. The maximum absolute atomic E-state index is 13.9. The Hall–Kier alpha value is -3.55. The number of anilines is 2. The number of carbonyl (C=O) groups is 3. The Labute approximate surface area is 244 Å². The van der Waals surface area contributed by atoms with Gasteiger partial charge in [0.15, 0.2) is 0 Å². The fourth-order valence-corrected chi connectivity index (χ4v) is 5.77. The number of amides is 3. The number of carbonyl (C=O) groups excluding carboxylic acids is 3. The lowest BCUT2D eigenvalue weighted by Gasteiger charge is -2.47. The lowest BCUT2D eigenvalue weighted by Crippen LogP contribution is -2.53. The first-order valence-corrected chi connectivity index (χ1v) is 14.0. The molecule has 0 aliphatic carbocycles. The fraction of sp³-hybridized carbons (Fsp3) is 0.323. The van der Waals surface area contributed by atoms with Crippen LogP contribution in [0.3, 0.4) is 0 Å². The van der Waals surface area contributed by atoms with E-state index in [0.29, 0.717) is 39.9 Å². The molecule has 7 nitrogen and oxygen atoms in total. The number of hydrogen-bond donors (Lipinski definition) is 1. The van der Waals surface area contributed by atoms with E-state index in [1.165, 1.54) is 0 Å². The zero-order chi connectivity index (χ0) is 28.8. The third-order valence-electron chi connectivity index (χ3n) is 7.24. The molecule has 3 aromatic carbocycles. The maximum Gasteiger partial charge on any atom is 0.410 e. The van der Waals surface area contributed by atoms with Gasteiger partial charge in [0.05, 0.1) is 16.6 Å². The van der Waals surface area contributed by atoms with Crippen molar-refractivity contribution in [3.8, 4) is 0 Å². The lowest BCUT2D eigenvalue weighted by molar-refractivity contribution is -0.0315. The number of rotatable bonds is 3. The minimum absolute atomic E-state index is 0.157. The summed E-state index contributed by atoms with van der Waals surface area (Å²) in [6.45, 7) is 8.43. The van der Waals surface area contributed by atoms with Crippen LogP contribution in [0.5, 0.6) is 0 Å². The van der Waals surface area contributed by atoms with E-state index in [-0.39, 0.29) is 29.9 Å². The van der Waals surface area contributed by atoms with Gasteiger partial charge in [0, 0.05) is 46.5 Å². The molecule has 40 heavy (non-hydrogen) atoms. The summed E-state index contributed by atoms with van der Waals surface area (Å²) in [5.41, 5.74) is 3.13. The van der Waals surface area contributed by atoms with Gasteiger partial charge in [0.2, 0.25) is 0 Å². The van der Waals surface area contributed by atoms with Gasteiger partial charge in [-0.3, -0.25) is 9.59 Å². The van der Waals surface area contributed by atoms with E-state index in [4.69, 9.17) is 27.9 Å². The highest BCUT2D eigenvalue weighted by Crippen LogP contribution is 2.48. The molecule has 0 bridgehead atoms. The first kappa shape index (κ1) is 28.0. The third kappa shape index (κ3) is 5.54. The molecule has 208 valence electrons. The number of fused-ring (bicyclic) bond motifs is 3. The Kier molecular flexibility index (Phi) is 7.55. The standard InChI is InChI=1S/C31H31Cl2N3O4/c1-18-15-21(34-28(37)23-7-5-6-8-25(23)33)10-11-22(18)29(38)35-14-13-19-17-36(30(39)40-31(2,3)4)27(19)24-16-20(32)9-12-26(24)35/h5-12,15-16,19,27H,13-14,17H2,1-4H3,(H,34,37). The summed E-state index contributed by atoms with van der Waals surface area (Å²) in [4.78, 5) is 43.1. The van der Waals surface area contributed by atoms with E-state index in [1.807, 2.05) is 39.8 Å². The summed E-state index contributed by atoms with van der Waals surface area (Å²) in [7, 11) is 0. The molecule has 1 saturated heterocycles. The van der Waals surface area contributed by atoms with Gasteiger partial charge in [0.25, 0.3) is 11.8 Å². The van der Waals surface area contributed by atoms with Crippen LogP contribution < -0.4 is 10.2 Å². The number of hydrogen-bond acceptors (Lipinski definition) is 4. The van der Waals surface area contributed by atoms with Crippen molar-refractivity contribution in [2.75, 3.05) is 23.3 Å². The minimum atomic E-state index is -0.609. The molecule has 1 N–H and O–H groups in total. The lowest BCUT2D eigenvalue weighted by atomic mass is 9.82. The molecule has 2 unspecified atom stereocenters. The molecule has 0 spiro atoms. The molecular formula is C31H31Cl2N3O4. The molecule has 2 aliphatic heterocycles. The van der Waals surface area contributed by atoms with Gasteiger partial charge in [-0.1, -0.05) is 35.3 Å². The smallest absolute Gasteiger partial charge is 0.410 e. The topological polar surface area (TPSA) is 79.0 Å². The first-order valence-electron chi connectivity index (χ1n) is 13.2.